The van der Waals surface area contributed by atoms with Crippen LogP contribution in [0.3, 0.4) is 0 Å². The van der Waals surface area contributed by atoms with Crippen LogP contribution in [-0.4, -0.2) is 13.0 Å². The minimum absolute atomic E-state index is 0.632. The standard InChI is InChI=1S/C12H12BrClOS/c1-15-11-6-8-3-5-16-7-10(8)9(2-4-14)12(11)13/h3,5-6H,2,4,7H2,1H3. The minimum atomic E-state index is 0.632. The number of thioether (sulfide) groups is 1. The summed E-state index contributed by atoms with van der Waals surface area (Å²) in [6, 6.07) is 2.08. The Morgan fingerprint density at radius 3 is 3.06 bits per heavy atom. The molecule has 0 aliphatic carbocycles. The molecule has 0 atom stereocenters. The van der Waals surface area contributed by atoms with Gasteiger partial charge in [-0.1, -0.05) is 0 Å². The highest BCUT2D eigenvalue weighted by Crippen LogP contribution is 2.38. The predicted octanol–water partition coefficient (Wildman–Crippen LogP) is 4.46. The first-order valence-electron chi connectivity index (χ1n) is 5.00. The van der Waals surface area contributed by atoms with Crippen LogP contribution in [0.15, 0.2) is 15.9 Å². The van der Waals surface area contributed by atoms with E-state index >= 15 is 0 Å². The first-order valence-corrected chi connectivity index (χ1v) is 7.38. The molecular formula is C12H12BrClOS. The van der Waals surface area contributed by atoms with E-state index in [1.165, 1.54) is 16.7 Å². The molecule has 1 aliphatic rings. The molecule has 0 radical (unpaired) electrons. The van der Waals surface area contributed by atoms with Crippen LogP contribution in [-0.2, 0) is 12.2 Å². The molecule has 0 saturated carbocycles. The van der Waals surface area contributed by atoms with Gasteiger partial charge in [0.15, 0.2) is 0 Å². The van der Waals surface area contributed by atoms with Crippen LogP contribution in [0.25, 0.3) is 6.08 Å². The zero-order valence-corrected chi connectivity index (χ0v) is 12.1. The van der Waals surface area contributed by atoms with Crippen molar-refractivity contribution in [3.05, 3.63) is 32.6 Å². The van der Waals surface area contributed by atoms with Crippen molar-refractivity contribution in [2.45, 2.75) is 12.2 Å². The van der Waals surface area contributed by atoms with Gasteiger partial charge in [0.1, 0.15) is 5.75 Å². The van der Waals surface area contributed by atoms with Gasteiger partial charge in [0.2, 0.25) is 0 Å². The third kappa shape index (κ3) is 2.27. The van der Waals surface area contributed by atoms with E-state index in [1.807, 2.05) is 11.8 Å². The van der Waals surface area contributed by atoms with Crippen LogP contribution in [0.1, 0.15) is 16.7 Å². The normalized spacial score (nSPS) is 13.7. The van der Waals surface area contributed by atoms with Crippen LogP contribution in [0.5, 0.6) is 5.75 Å². The van der Waals surface area contributed by atoms with E-state index in [4.69, 9.17) is 16.3 Å². The first-order chi connectivity index (χ1) is 7.77. The van der Waals surface area contributed by atoms with Gasteiger partial charge in [0.25, 0.3) is 0 Å². The second kappa shape index (κ2) is 5.48. The van der Waals surface area contributed by atoms with Crippen molar-refractivity contribution in [2.75, 3.05) is 13.0 Å². The molecule has 0 fully saturated rings. The number of alkyl halides is 1. The average Bonchev–Trinajstić information content (AvgIpc) is 2.32. The number of rotatable bonds is 3. The fraction of sp³-hybridized carbons (Fsp3) is 0.333. The summed E-state index contributed by atoms with van der Waals surface area (Å²) >= 11 is 11.3. The third-order valence-electron chi connectivity index (χ3n) is 2.62. The van der Waals surface area contributed by atoms with Crippen molar-refractivity contribution in [3.63, 3.8) is 0 Å². The fourth-order valence-electron chi connectivity index (χ4n) is 1.82. The summed E-state index contributed by atoms with van der Waals surface area (Å²) in [7, 11) is 1.69. The molecule has 0 N–H and O–H groups in total. The van der Waals surface area contributed by atoms with E-state index in [1.54, 1.807) is 7.11 Å². The minimum Gasteiger partial charge on any atom is -0.496 e. The summed E-state index contributed by atoms with van der Waals surface area (Å²) < 4.78 is 6.41. The maximum absolute atomic E-state index is 5.86. The number of methoxy groups -OCH3 is 1. The highest BCUT2D eigenvalue weighted by molar-refractivity contribution is 9.10. The summed E-state index contributed by atoms with van der Waals surface area (Å²) in [6.45, 7) is 0. The van der Waals surface area contributed by atoms with Crippen LogP contribution in [0.2, 0.25) is 0 Å². The molecule has 16 heavy (non-hydrogen) atoms. The smallest absolute Gasteiger partial charge is 0.133 e. The van der Waals surface area contributed by atoms with Crippen LogP contribution < -0.4 is 4.74 Å². The molecule has 0 unspecified atom stereocenters. The molecule has 0 amide bonds. The van der Waals surface area contributed by atoms with Gasteiger partial charge < -0.3 is 4.74 Å². The van der Waals surface area contributed by atoms with E-state index in [-0.39, 0.29) is 0 Å². The van der Waals surface area contributed by atoms with E-state index in [9.17, 15) is 0 Å². The van der Waals surface area contributed by atoms with Crippen molar-refractivity contribution < 1.29 is 4.74 Å². The molecule has 1 aromatic carbocycles. The van der Waals surface area contributed by atoms with Gasteiger partial charge >= 0.3 is 0 Å². The summed E-state index contributed by atoms with van der Waals surface area (Å²) in [5.74, 6) is 2.53. The van der Waals surface area contributed by atoms with Gasteiger partial charge in [-0.15, -0.1) is 23.4 Å². The molecule has 0 spiro atoms. The van der Waals surface area contributed by atoms with E-state index < -0.39 is 0 Å². The third-order valence-corrected chi connectivity index (χ3v) is 4.46. The zero-order chi connectivity index (χ0) is 11.5. The second-order valence-corrected chi connectivity index (χ2v) is 5.56. The van der Waals surface area contributed by atoms with Crippen LogP contribution >= 0.6 is 39.3 Å². The Bertz CT molecular complexity index is 432. The number of benzene rings is 1. The molecule has 4 heteroatoms. The number of fused-ring (bicyclic) bond motifs is 1. The Balaban J connectivity index is 2.58. The highest BCUT2D eigenvalue weighted by Gasteiger charge is 2.17. The maximum atomic E-state index is 5.86. The molecule has 2 rings (SSSR count). The fourth-order valence-corrected chi connectivity index (χ4v) is 3.57. The van der Waals surface area contributed by atoms with Gasteiger partial charge in [-0.25, -0.2) is 0 Å². The Morgan fingerprint density at radius 2 is 2.38 bits per heavy atom. The summed E-state index contributed by atoms with van der Waals surface area (Å²) in [5, 5.41) is 2.13. The van der Waals surface area contributed by atoms with E-state index in [0.717, 1.165) is 22.4 Å². The van der Waals surface area contributed by atoms with Crippen molar-refractivity contribution >= 4 is 45.4 Å². The van der Waals surface area contributed by atoms with Gasteiger partial charge in [-0.3, -0.25) is 0 Å². The quantitative estimate of drug-likeness (QED) is 0.761. The second-order valence-electron chi connectivity index (χ2n) is 3.49. The van der Waals surface area contributed by atoms with Crippen LogP contribution in [0, 0.1) is 0 Å². The summed E-state index contributed by atoms with van der Waals surface area (Å²) in [6.07, 6.45) is 3.01. The average molecular weight is 320 g/mol. The lowest BCUT2D eigenvalue weighted by Crippen LogP contribution is -2.02. The summed E-state index contributed by atoms with van der Waals surface area (Å²) in [4.78, 5) is 0. The Morgan fingerprint density at radius 1 is 1.56 bits per heavy atom. The molecule has 86 valence electrons. The van der Waals surface area contributed by atoms with Gasteiger partial charge in [0, 0.05) is 11.6 Å². The van der Waals surface area contributed by atoms with E-state index in [2.05, 4.69) is 33.5 Å². The SMILES string of the molecule is COc1cc2c(c(CCCl)c1Br)CSC=C2. The number of hydrogen-bond donors (Lipinski definition) is 0. The molecule has 1 heterocycles. The molecule has 1 aliphatic heterocycles. The van der Waals surface area contributed by atoms with Gasteiger partial charge in [-0.2, -0.15) is 0 Å². The lowest BCUT2D eigenvalue weighted by atomic mass is 9.99. The van der Waals surface area contributed by atoms with Crippen LogP contribution in [0.4, 0.5) is 0 Å². The monoisotopic (exact) mass is 318 g/mol. The summed E-state index contributed by atoms with van der Waals surface area (Å²) in [5.41, 5.74) is 3.90. The topological polar surface area (TPSA) is 9.23 Å². The lowest BCUT2D eigenvalue weighted by molar-refractivity contribution is 0.411. The molecule has 0 aromatic heterocycles. The Hall–Kier alpha value is -0.120. The lowest BCUT2D eigenvalue weighted by Gasteiger charge is -2.18. The largest absolute Gasteiger partial charge is 0.496 e. The Labute approximate surface area is 113 Å². The number of ether oxygens (including phenoxy) is 1. The highest BCUT2D eigenvalue weighted by atomic mass is 79.9. The van der Waals surface area contributed by atoms with Gasteiger partial charge in [0.05, 0.1) is 11.6 Å². The molecule has 0 bridgehead atoms. The van der Waals surface area contributed by atoms with Crippen molar-refractivity contribution in [3.8, 4) is 5.75 Å². The number of hydrogen-bond acceptors (Lipinski definition) is 2. The van der Waals surface area contributed by atoms with Crippen molar-refractivity contribution in [2.24, 2.45) is 0 Å². The molecule has 1 aromatic rings. The predicted molar refractivity (Wildman–Crippen MR) is 75.4 cm³/mol. The van der Waals surface area contributed by atoms with Crippen molar-refractivity contribution in [1.29, 1.82) is 0 Å². The molecule has 1 nitrogen and oxygen atoms in total. The molecular weight excluding hydrogens is 308 g/mol. The first kappa shape index (κ1) is 12.3. The van der Waals surface area contributed by atoms with Crippen molar-refractivity contribution in [1.82, 2.24) is 0 Å². The molecule has 0 saturated heterocycles. The Kier molecular flexibility index (Phi) is 4.22. The zero-order valence-electron chi connectivity index (χ0n) is 8.93. The maximum Gasteiger partial charge on any atom is 0.133 e. The van der Waals surface area contributed by atoms with E-state index in [0.29, 0.717) is 5.88 Å². The number of halogens is 2. The van der Waals surface area contributed by atoms with Gasteiger partial charge in [-0.05, 0) is 56.6 Å².